The van der Waals surface area contributed by atoms with E-state index in [0.717, 1.165) is 62.9 Å². The van der Waals surface area contributed by atoms with Gasteiger partial charge in [-0.25, -0.2) is 0 Å². The van der Waals surface area contributed by atoms with Gasteiger partial charge in [0.15, 0.2) is 0 Å². The number of pyridine rings is 1. The van der Waals surface area contributed by atoms with E-state index in [9.17, 15) is 4.79 Å². The lowest BCUT2D eigenvalue weighted by atomic mass is 9.87. The molecule has 136 valence electrons. The molecule has 4 fully saturated rings. The van der Waals surface area contributed by atoms with Crippen molar-refractivity contribution in [2.45, 2.75) is 51.7 Å². The minimum atomic E-state index is 0.343. The summed E-state index contributed by atoms with van der Waals surface area (Å²) >= 11 is 0. The molecule has 5 nitrogen and oxygen atoms in total. The van der Waals surface area contributed by atoms with Gasteiger partial charge in [-0.1, -0.05) is 13.0 Å². The first kappa shape index (κ1) is 17.0. The Hall–Kier alpha value is -1.46. The third-order valence-corrected chi connectivity index (χ3v) is 6.21. The van der Waals surface area contributed by atoms with Gasteiger partial charge in [0.2, 0.25) is 5.91 Å². The van der Waals surface area contributed by atoms with Crippen LogP contribution in [0.1, 0.15) is 37.6 Å². The first-order chi connectivity index (χ1) is 12.1. The molecule has 2 bridgehead atoms. The van der Waals surface area contributed by atoms with E-state index in [4.69, 9.17) is 0 Å². The van der Waals surface area contributed by atoms with Crippen molar-refractivity contribution in [3.8, 4) is 0 Å². The molecule has 0 radical (unpaired) electrons. The number of piperidine rings is 2. The Kier molecular flexibility index (Phi) is 4.78. The molecule has 1 aromatic rings. The lowest BCUT2D eigenvalue weighted by molar-refractivity contribution is -0.142. The molecule has 2 unspecified atom stereocenters. The normalized spacial score (nSPS) is 28.0. The van der Waals surface area contributed by atoms with Crippen molar-refractivity contribution in [2.24, 2.45) is 5.92 Å². The first-order valence-corrected chi connectivity index (χ1v) is 9.77. The van der Waals surface area contributed by atoms with E-state index in [2.05, 4.69) is 38.7 Å². The molecule has 0 spiro atoms. The minimum Gasteiger partial charge on any atom is -0.342 e. The Bertz CT molecular complexity index is 614. The Labute approximate surface area is 151 Å². The van der Waals surface area contributed by atoms with Crippen molar-refractivity contribution in [1.29, 1.82) is 0 Å². The third kappa shape index (κ3) is 3.72. The molecule has 4 aliphatic heterocycles. The van der Waals surface area contributed by atoms with E-state index in [1.807, 2.05) is 13.0 Å². The van der Waals surface area contributed by atoms with Crippen molar-refractivity contribution < 1.29 is 4.79 Å². The molecule has 4 aliphatic rings. The van der Waals surface area contributed by atoms with Crippen LogP contribution in [-0.2, 0) is 11.3 Å². The van der Waals surface area contributed by atoms with E-state index in [0.29, 0.717) is 24.5 Å². The molecule has 0 N–H and O–H groups in total. The average molecular weight is 342 g/mol. The van der Waals surface area contributed by atoms with Gasteiger partial charge in [-0.3, -0.25) is 19.6 Å². The molecule has 25 heavy (non-hydrogen) atoms. The number of carbonyl (C=O) groups excluding carboxylic acids is 1. The number of nitrogens with zero attached hydrogens (tertiary/aromatic N) is 4. The highest BCUT2D eigenvalue weighted by Gasteiger charge is 2.45. The highest BCUT2D eigenvalue weighted by molar-refractivity contribution is 5.78. The first-order valence-electron chi connectivity index (χ1n) is 9.77. The second kappa shape index (κ2) is 7.04. The fourth-order valence-corrected chi connectivity index (χ4v) is 4.59. The number of aryl methyl sites for hydroxylation is 1. The zero-order chi connectivity index (χ0) is 17.4. The van der Waals surface area contributed by atoms with Crippen molar-refractivity contribution in [3.05, 3.63) is 29.6 Å². The lowest BCUT2D eigenvalue weighted by Gasteiger charge is -2.56. The number of hydrogen-bond donors (Lipinski definition) is 0. The van der Waals surface area contributed by atoms with E-state index in [1.165, 1.54) is 6.42 Å². The number of carbonyl (C=O) groups is 1. The quantitative estimate of drug-likeness (QED) is 0.838. The fourth-order valence-electron chi connectivity index (χ4n) is 4.59. The average Bonchev–Trinajstić information content (AvgIpc) is 2.60. The molecule has 2 atom stereocenters. The number of piperazine rings is 1. The van der Waals surface area contributed by atoms with Gasteiger partial charge >= 0.3 is 0 Å². The Morgan fingerprint density at radius 2 is 1.92 bits per heavy atom. The predicted octanol–water partition coefficient (Wildman–Crippen LogP) is 1.91. The van der Waals surface area contributed by atoms with Gasteiger partial charge in [-0.05, 0) is 44.2 Å². The molecule has 5 rings (SSSR count). The van der Waals surface area contributed by atoms with Crippen LogP contribution in [0.4, 0.5) is 0 Å². The zero-order valence-electron chi connectivity index (χ0n) is 15.5. The summed E-state index contributed by atoms with van der Waals surface area (Å²) in [4.78, 5) is 24.3. The maximum absolute atomic E-state index is 12.6. The smallest absolute Gasteiger partial charge is 0.236 e. The largest absolute Gasteiger partial charge is 0.342 e. The van der Waals surface area contributed by atoms with Crippen LogP contribution in [0.15, 0.2) is 18.2 Å². The van der Waals surface area contributed by atoms with Gasteiger partial charge in [-0.15, -0.1) is 0 Å². The summed E-state index contributed by atoms with van der Waals surface area (Å²) in [6.45, 7) is 9.93. The predicted molar refractivity (Wildman–Crippen MR) is 98.1 cm³/mol. The Morgan fingerprint density at radius 3 is 2.60 bits per heavy atom. The van der Waals surface area contributed by atoms with E-state index in [1.54, 1.807) is 0 Å². The van der Waals surface area contributed by atoms with Gasteiger partial charge in [0.1, 0.15) is 0 Å². The van der Waals surface area contributed by atoms with Crippen LogP contribution >= 0.6 is 0 Å². The highest BCUT2D eigenvalue weighted by Crippen LogP contribution is 2.32. The number of aromatic nitrogens is 1. The van der Waals surface area contributed by atoms with Crippen molar-refractivity contribution in [2.75, 3.05) is 32.7 Å². The summed E-state index contributed by atoms with van der Waals surface area (Å²) in [5.74, 6) is 1.12. The molecule has 4 saturated heterocycles. The SMILES string of the molecule is Cc1cccc(CN2CC3CC(C2)N3CC(=O)N2CCC(C)CC2)n1. The summed E-state index contributed by atoms with van der Waals surface area (Å²) in [5, 5.41) is 0. The molecular formula is C20H30N4O. The molecule has 1 amide bonds. The summed E-state index contributed by atoms with van der Waals surface area (Å²) in [6.07, 6.45) is 3.58. The molecule has 5 heterocycles. The number of likely N-dealkylation sites (tertiary alicyclic amines) is 1. The third-order valence-electron chi connectivity index (χ3n) is 6.21. The second-order valence-corrected chi connectivity index (χ2v) is 8.24. The zero-order valence-corrected chi connectivity index (χ0v) is 15.5. The van der Waals surface area contributed by atoms with Gasteiger partial charge in [0.25, 0.3) is 0 Å². The van der Waals surface area contributed by atoms with Gasteiger partial charge < -0.3 is 4.90 Å². The Balaban J connectivity index is 1.28. The molecule has 1 aromatic heterocycles. The summed E-state index contributed by atoms with van der Waals surface area (Å²) in [5.41, 5.74) is 2.24. The van der Waals surface area contributed by atoms with E-state index >= 15 is 0 Å². The standard InChI is InChI=1S/C20H30N4O/c1-15-6-8-23(9-7-15)20(25)14-24-18-10-19(24)13-22(12-18)11-17-5-3-4-16(2)21-17/h3-5,15,18-19H,6-14H2,1-2H3. The topological polar surface area (TPSA) is 39.7 Å². The van der Waals surface area contributed by atoms with Gasteiger partial charge in [0.05, 0.1) is 12.2 Å². The van der Waals surface area contributed by atoms with E-state index < -0.39 is 0 Å². The maximum Gasteiger partial charge on any atom is 0.236 e. The van der Waals surface area contributed by atoms with Crippen LogP contribution in [0.5, 0.6) is 0 Å². The number of amides is 1. The van der Waals surface area contributed by atoms with Crippen molar-refractivity contribution in [3.63, 3.8) is 0 Å². The van der Waals surface area contributed by atoms with Crippen molar-refractivity contribution >= 4 is 5.91 Å². The molecule has 0 aliphatic carbocycles. The highest BCUT2D eigenvalue weighted by atomic mass is 16.2. The van der Waals surface area contributed by atoms with Crippen LogP contribution in [0, 0.1) is 12.8 Å². The Morgan fingerprint density at radius 1 is 1.20 bits per heavy atom. The summed E-state index contributed by atoms with van der Waals surface area (Å²) < 4.78 is 0. The van der Waals surface area contributed by atoms with E-state index in [-0.39, 0.29) is 0 Å². The van der Waals surface area contributed by atoms with Crippen LogP contribution in [0.2, 0.25) is 0 Å². The summed E-state index contributed by atoms with van der Waals surface area (Å²) in [6, 6.07) is 7.36. The minimum absolute atomic E-state index is 0.343. The molecule has 5 heteroatoms. The number of fused-ring (bicyclic) bond motifs is 2. The fraction of sp³-hybridized carbons (Fsp3) is 0.700. The van der Waals surface area contributed by atoms with Crippen LogP contribution in [-0.4, -0.2) is 70.4 Å². The number of rotatable bonds is 4. The maximum atomic E-state index is 12.6. The van der Waals surface area contributed by atoms with Crippen LogP contribution in [0.25, 0.3) is 0 Å². The monoisotopic (exact) mass is 342 g/mol. The number of hydrogen-bond acceptors (Lipinski definition) is 4. The van der Waals surface area contributed by atoms with Gasteiger partial charge in [0, 0.05) is 50.5 Å². The molecular weight excluding hydrogens is 312 g/mol. The van der Waals surface area contributed by atoms with Crippen LogP contribution < -0.4 is 0 Å². The lowest BCUT2D eigenvalue weighted by Crippen LogP contribution is -2.69. The molecule has 0 aromatic carbocycles. The summed E-state index contributed by atoms with van der Waals surface area (Å²) in [7, 11) is 0. The van der Waals surface area contributed by atoms with Gasteiger partial charge in [-0.2, -0.15) is 0 Å². The van der Waals surface area contributed by atoms with Crippen molar-refractivity contribution in [1.82, 2.24) is 19.7 Å². The van der Waals surface area contributed by atoms with Crippen LogP contribution in [0.3, 0.4) is 0 Å². The second-order valence-electron chi connectivity index (χ2n) is 8.24. The molecule has 0 saturated carbocycles.